The van der Waals surface area contributed by atoms with Gasteiger partial charge in [-0.1, -0.05) is 13.8 Å². The minimum atomic E-state index is 0.817. The molecular weight excluding hydrogens is 138 g/mol. The summed E-state index contributed by atoms with van der Waals surface area (Å²) in [7, 11) is 0. The molecule has 0 aliphatic carbocycles. The summed E-state index contributed by atoms with van der Waals surface area (Å²) in [5, 5.41) is 0. The van der Waals surface area contributed by atoms with Crippen molar-refractivity contribution in [2.24, 2.45) is 5.92 Å². The van der Waals surface area contributed by atoms with Crippen LogP contribution in [-0.4, -0.2) is 31.3 Å². The highest BCUT2D eigenvalue weighted by Gasteiger charge is 2.09. The zero-order valence-electron chi connectivity index (χ0n) is 7.68. The molecule has 0 amide bonds. The van der Waals surface area contributed by atoms with Gasteiger partial charge in [0, 0.05) is 19.7 Å². The number of hydrogen-bond donors (Lipinski definition) is 0. The van der Waals surface area contributed by atoms with Gasteiger partial charge in [0.25, 0.3) is 0 Å². The van der Waals surface area contributed by atoms with E-state index in [1.807, 2.05) is 0 Å². The van der Waals surface area contributed by atoms with Crippen LogP contribution in [0, 0.1) is 5.92 Å². The quantitative estimate of drug-likeness (QED) is 0.618. The lowest BCUT2D eigenvalue weighted by Gasteiger charge is -2.26. The third-order valence-electron chi connectivity index (χ3n) is 2.06. The molecule has 0 aromatic heterocycles. The fourth-order valence-electron chi connectivity index (χ4n) is 1.27. The number of nitrogens with zero attached hydrogens (tertiary/aromatic N) is 1. The van der Waals surface area contributed by atoms with E-state index in [4.69, 9.17) is 4.74 Å². The van der Waals surface area contributed by atoms with Gasteiger partial charge in [0.05, 0.1) is 6.73 Å². The molecule has 0 aromatic carbocycles. The second-order valence-electron chi connectivity index (χ2n) is 3.69. The molecule has 1 aliphatic rings. The molecule has 66 valence electrons. The fourth-order valence-corrected chi connectivity index (χ4v) is 1.27. The Morgan fingerprint density at radius 2 is 2.27 bits per heavy atom. The first kappa shape index (κ1) is 9.01. The highest BCUT2D eigenvalue weighted by atomic mass is 16.5. The zero-order valence-corrected chi connectivity index (χ0v) is 7.68. The van der Waals surface area contributed by atoms with Gasteiger partial charge in [-0.05, 0) is 18.8 Å². The van der Waals surface area contributed by atoms with Crippen molar-refractivity contribution in [3.63, 3.8) is 0 Å². The van der Waals surface area contributed by atoms with Crippen molar-refractivity contribution in [2.75, 3.05) is 26.4 Å². The Hall–Kier alpha value is -0.0800. The van der Waals surface area contributed by atoms with Gasteiger partial charge in [0.15, 0.2) is 0 Å². The molecule has 1 rings (SSSR count). The Morgan fingerprint density at radius 3 is 2.82 bits per heavy atom. The van der Waals surface area contributed by atoms with Crippen molar-refractivity contribution in [2.45, 2.75) is 26.7 Å². The van der Waals surface area contributed by atoms with Gasteiger partial charge in [-0.2, -0.15) is 0 Å². The third-order valence-corrected chi connectivity index (χ3v) is 2.06. The molecule has 0 saturated carbocycles. The molecule has 0 unspecified atom stereocenters. The van der Waals surface area contributed by atoms with Crippen molar-refractivity contribution in [1.29, 1.82) is 0 Å². The summed E-state index contributed by atoms with van der Waals surface area (Å²) in [6, 6.07) is 0. The molecule has 1 saturated heterocycles. The summed E-state index contributed by atoms with van der Waals surface area (Å²) in [6.45, 7) is 8.78. The van der Waals surface area contributed by atoms with E-state index in [1.165, 1.54) is 25.9 Å². The summed E-state index contributed by atoms with van der Waals surface area (Å²) < 4.78 is 5.34. The van der Waals surface area contributed by atoms with Crippen molar-refractivity contribution in [3.05, 3.63) is 0 Å². The molecule has 0 radical (unpaired) electrons. The summed E-state index contributed by atoms with van der Waals surface area (Å²) in [6.07, 6.45) is 2.50. The zero-order chi connectivity index (χ0) is 8.10. The standard InChI is InChI=1S/C9H19NO/c1-9(2)4-6-10-5-3-7-11-8-10/h9H,3-8H2,1-2H3. The minimum absolute atomic E-state index is 0.817. The monoisotopic (exact) mass is 157 g/mol. The molecule has 2 nitrogen and oxygen atoms in total. The van der Waals surface area contributed by atoms with E-state index < -0.39 is 0 Å². The van der Waals surface area contributed by atoms with Crippen LogP contribution < -0.4 is 0 Å². The summed E-state index contributed by atoms with van der Waals surface area (Å²) in [5.74, 6) is 0.817. The molecule has 0 N–H and O–H groups in total. The molecule has 1 aliphatic heterocycles. The van der Waals surface area contributed by atoms with Gasteiger partial charge in [0.2, 0.25) is 0 Å². The lowest BCUT2D eigenvalue weighted by molar-refractivity contribution is -0.0149. The number of ether oxygens (including phenoxy) is 1. The highest BCUT2D eigenvalue weighted by Crippen LogP contribution is 2.05. The molecule has 0 atom stereocenters. The van der Waals surface area contributed by atoms with Crippen LogP contribution in [0.15, 0.2) is 0 Å². The van der Waals surface area contributed by atoms with Crippen LogP contribution in [0.2, 0.25) is 0 Å². The Kier molecular flexibility index (Phi) is 3.87. The second kappa shape index (κ2) is 4.73. The van der Waals surface area contributed by atoms with Crippen molar-refractivity contribution >= 4 is 0 Å². The van der Waals surface area contributed by atoms with Gasteiger partial charge >= 0.3 is 0 Å². The molecular formula is C9H19NO. The molecule has 1 fully saturated rings. The maximum absolute atomic E-state index is 5.34. The van der Waals surface area contributed by atoms with E-state index in [2.05, 4.69) is 18.7 Å². The van der Waals surface area contributed by atoms with E-state index in [9.17, 15) is 0 Å². The van der Waals surface area contributed by atoms with Crippen molar-refractivity contribution in [1.82, 2.24) is 4.90 Å². The highest BCUT2D eigenvalue weighted by molar-refractivity contribution is 4.59. The summed E-state index contributed by atoms with van der Waals surface area (Å²) in [4.78, 5) is 2.39. The van der Waals surface area contributed by atoms with Crippen LogP contribution >= 0.6 is 0 Å². The average Bonchev–Trinajstić information content (AvgIpc) is 2.03. The Balaban J connectivity index is 2.05. The number of rotatable bonds is 3. The Bertz CT molecular complexity index is 97.7. The fraction of sp³-hybridized carbons (Fsp3) is 1.00. The summed E-state index contributed by atoms with van der Waals surface area (Å²) in [5.41, 5.74) is 0. The van der Waals surface area contributed by atoms with E-state index in [1.54, 1.807) is 0 Å². The van der Waals surface area contributed by atoms with Gasteiger partial charge < -0.3 is 4.74 Å². The van der Waals surface area contributed by atoms with E-state index in [0.29, 0.717) is 0 Å². The van der Waals surface area contributed by atoms with Crippen LogP contribution in [0.1, 0.15) is 26.7 Å². The van der Waals surface area contributed by atoms with Crippen LogP contribution in [-0.2, 0) is 4.74 Å². The predicted molar refractivity (Wildman–Crippen MR) is 46.5 cm³/mol. The number of hydrogen-bond acceptors (Lipinski definition) is 2. The SMILES string of the molecule is CC(C)CCN1CCCOC1. The first-order valence-corrected chi connectivity index (χ1v) is 4.59. The second-order valence-corrected chi connectivity index (χ2v) is 3.69. The van der Waals surface area contributed by atoms with Gasteiger partial charge in [-0.3, -0.25) is 4.90 Å². The van der Waals surface area contributed by atoms with Crippen LogP contribution in [0.5, 0.6) is 0 Å². The lowest BCUT2D eigenvalue weighted by Crippen LogP contribution is -2.34. The van der Waals surface area contributed by atoms with Crippen molar-refractivity contribution < 1.29 is 4.74 Å². The van der Waals surface area contributed by atoms with E-state index >= 15 is 0 Å². The average molecular weight is 157 g/mol. The van der Waals surface area contributed by atoms with Gasteiger partial charge in [0.1, 0.15) is 0 Å². The molecule has 0 spiro atoms. The smallest absolute Gasteiger partial charge is 0.0990 e. The molecule has 0 aromatic rings. The van der Waals surface area contributed by atoms with E-state index in [0.717, 1.165) is 19.3 Å². The van der Waals surface area contributed by atoms with Crippen LogP contribution in [0.25, 0.3) is 0 Å². The largest absolute Gasteiger partial charge is 0.366 e. The van der Waals surface area contributed by atoms with Crippen LogP contribution in [0.3, 0.4) is 0 Å². The minimum Gasteiger partial charge on any atom is -0.366 e. The van der Waals surface area contributed by atoms with Crippen molar-refractivity contribution in [3.8, 4) is 0 Å². The molecule has 1 heterocycles. The third kappa shape index (κ3) is 3.73. The van der Waals surface area contributed by atoms with E-state index in [-0.39, 0.29) is 0 Å². The maximum Gasteiger partial charge on any atom is 0.0990 e. The van der Waals surface area contributed by atoms with Gasteiger partial charge in [-0.15, -0.1) is 0 Å². The maximum atomic E-state index is 5.34. The van der Waals surface area contributed by atoms with Crippen LogP contribution in [0.4, 0.5) is 0 Å². The Morgan fingerprint density at radius 1 is 1.45 bits per heavy atom. The topological polar surface area (TPSA) is 12.5 Å². The van der Waals surface area contributed by atoms with Gasteiger partial charge in [-0.25, -0.2) is 0 Å². The molecule has 0 bridgehead atoms. The summed E-state index contributed by atoms with van der Waals surface area (Å²) >= 11 is 0. The molecule has 2 heteroatoms. The lowest BCUT2D eigenvalue weighted by atomic mass is 10.1. The predicted octanol–water partition coefficient (Wildman–Crippen LogP) is 1.71. The first-order valence-electron chi connectivity index (χ1n) is 4.59. The normalized spacial score (nSPS) is 21.0. The first-order chi connectivity index (χ1) is 5.29. The Labute approximate surface area is 69.5 Å². The molecule has 11 heavy (non-hydrogen) atoms.